The van der Waals surface area contributed by atoms with E-state index in [1.54, 1.807) is 12.1 Å². The number of ether oxygens (including phenoxy) is 2. The summed E-state index contributed by atoms with van der Waals surface area (Å²) >= 11 is 6.82. The quantitative estimate of drug-likeness (QED) is 0.228. The number of hydrazone groups is 1. The van der Waals surface area contributed by atoms with Gasteiger partial charge in [0.1, 0.15) is 5.75 Å². The number of aromatic hydroxyl groups is 1. The lowest BCUT2D eigenvalue weighted by Gasteiger charge is -2.20. The number of benzene rings is 2. The molecule has 0 aromatic heterocycles. The average molecular weight is 556 g/mol. The van der Waals surface area contributed by atoms with Crippen LogP contribution >= 0.6 is 31.9 Å². The molecule has 0 aliphatic rings. The van der Waals surface area contributed by atoms with Gasteiger partial charge in [-0.1, -0.05) is 26.8 Å². The maximum Gasteiger partial charge on any atom is 0.240 e. The van der Waals surface area contributed by atoms with Crippen LogP contribution in [0.3, 0.4) is 0 Å². The van der Waals surface area contributed by atoms with Gasteiger partial charge in [-0.2, -0.15) is 5.10 Å². The summed E-state index contributed by atoms with van der Waals surface area (Å²) in [6.07, 6.45) is 2.35. The van der Waals surface area contributed by atoms with E-state index in [1.165, 1.54) is 11.8 Å². The van der Waals surface area contributed by atoms with Crippen LogP contribution in [0.1, 0.15) is 51.7 Å². The molecule has 2 N–H and O–H groups in total. The fourth-order valence-corrected chi connectivity index (χ4v) is 3.62. The van der Waals surface area contributed by atoms with Crippen molar-refractivity contribution in [1.29, 1.82) is 0 Å². The van der Waals surface area contributed by atoms with Crippen LogP contribution in [0.25, 0.3) is 0 Å². The van der Waals surface area contributed by atoms with Crippen molar-refractivity contribution in [3.05, 3.63) is 50.4 Å². The van der Waals surface area contributed by atoms with E-state index in [0.29, 0.717) is 41.8 Å². The lowest BCUT2D eigenvalue weighted by atomic mass is 9.87. The van der Waals surface area contributed by atoms with Gasteiger partial charge in [0.2, 0.25) is 5.91 Å². The Hall–Kier alpha value is -2.06. The molecule has 0 heterocycles. The minimum atomic E-state index is -0.204. The normalized spacial score (nSPS) is 11.5. The minimum absolute atomic E-state index is 0.0303. The molecule has 0 unspecified atom stereocenters. The van der Waals surface area contributed by atoms with Gasteiger partial charge in [-0.15, -0.1) is 0 Å². The number of rotatable bonds is 9. The second-order valence-electron chi connectivity index (χ2n) is 7.92. The highest BCUT2D eigenvalue weighted by molar-refractivity contribution is 9.10. The molecule has 0 spiro atoms. The standard InChI is InChI=1S/C23H28Br2N2O4/c1-5-30-20-12-15(11-18(25)22(20)29)14-26-27-21(28)7-6-10-31-19-9-8-16(13-17(19)24)23(2,3)4/h8-9,11-14,29H,5-7,10H2,1-4H3,(H,27,28)/b26-14+. The van der Waals surface area contributed by atoms with E-state index in [0.717, 1.165) is 10.2 Å². The van der Waals surface area contributed by atoms with Crippen molar-refractivity contribution in [3.63, 3.8) is 0 Å². The Bertz CT molecular complexity index is 940. The Kier molecular flexibility index (Phi) is 9.37. The molecule has 168 valence electrons. The molecule has 0 aliphatic heterocycles. The first-order chi connectivity index (χ1) is 14.6. The summed E-state index contributed by atoms with van der Waals surface area (Å²) in [6, 6.07) is 9.40. The molecule has 6 nitrogen and oxygen atoms in total. The van der Waals surface area contributed by atoms with Crippen LogP contribution in [0.15, 0.2) is 44.4 Å². The average Bonchev–Trinajstić information content (AvgIpc) is 2.69. The Morgan fingerprint density at radius 1 is 1.13 bits per heavy atom. The van der Waals surface area contributed by atoms with Gasteiger partial charge in [0.15, 0.2) is 11.5 Å². The van der Waals surface area contributed by atoms with Crippen molar-refractivity contribution < 1.29 is 19.4 Å². The van der Waals surface area contributed by atoms with Crippen molar-refractivity contribution in [1.82, 2.24) is 5.43 Å². The van der Waals surface area contributed by atoms with Gasteiger partial charge in [0.25, 0.3) is 0 Å². The van der Waals surface area contributed by atoms with Crippen molar-refractivity contribution in [2.75, 3.05) is 13.2 Å². The van der Waals surface area contributed by atoms with Crippen LogP contribution in [0, 0.1) is 0 Å². The number of halogens is 2. The van der Waals surface area contributed by atoms with E-state index in [4.69, 9.17) is 9.47 Å². The van der Waals surface area contributed by atoms with E-state index in [9.17, 15) is 9.90 Å². The number of carbonyl (C=O) groups excluding carboxylic acids is 1. The van der Waals surface area contributed by atoms with Gasteiger partial charge in [0, 0.05) is 6.42 Å². The molecule has 0 aliphatic carbocycles. The first-order valence-electron chi connectivity index (χ1n) is 10.0. The first kappa shape index (κ1) is 25.2. The third kappa shape index (κ3) is 7.85. The molecule has 0 saturated heterocycles. The Balaban J connectivity index is 1.79. The van der Waals surface area contributed by atoms with Crippen LogP contribution in [0.2, 0.25) is 0 Å². The lowest BCUT2D eigenvalue weighted by Crippen LogP contribution is -2.18. The van der Waals surface area contributed by atoms with Gasteiger partial charge in [-0.3, -0.25) is 4.79 Å². The number of phenols is 1. The van der Waals surface area contributed by atoms with E-state index in [2.05, 4.69) is 75.3 Å². The van der Waals surface area contributed by atoms with Gasteiger partial charge < -0.3 is 14.6 Å². The molecule has 2 rings (SSSR count). The molecule has 0 fully saturated rings. The molecule has 0 bridgehead atoms. The largest absolute Gasteiger partial charge is 0.503 e. The number of nitrogens with one attached hydrogen (secondary N) is 1. The molecule has 31 heavy (non-hydrogen) atoms. The van der Waals surface area contributed by atoms with Crippen LogP contribution in [0.5, 0.6) is 17.2 Å². The van der Waals surface area contributed by atoms with E-state index in [-0.39, 0.29) is 17.1 Å². The molecule has 0 saturated carbocycles. The minimum Gasteiger partial charge on any atom is -0.503 e. The summed E-state index contributed by atoms with van der Waals surface area (Å²) < 4.78 is 12.5. The summed E-state index contributed by atoms with van der Waals surface area (Å²) in [5.41, 5.74) is 4.47. The Morgan fingerprint density at radius 2 is 1.87 bits per heavy atom. The molecule has 2 aromatic rings. The zero-order valence-corrected chi connectivity index (χ0v) is 21.3. The van der Waals surface area contributed by atoms with Crippen molar-refractivity contribution in [3.8, 4) is 17.2 Å². The lowest BCUT2D eigenvalue weighted by molar-refractivity contribution is -0.121. The predicted molar refractivity (Wildman–Crippen MR) is 130 cm³/mol. The topological polar surface area (TPSA) is 80.2 Å². The second kappa shape index (κ2) is 11.5. The maximum atomic E-state index is 12.0. The highest BCUT2D eigenvalue weighted by atomic mass is 79.9. The maximum absolute atomic E-state index is 12.0. The molecule has 2 aromatic carbocycles. The smallest absolute Gasteiger partial charge is 0.240 e. The molecular formula is C23H28Br2N2O4. The van der Waals surface area contributed by atoms with Crippen molar-refractivity contribution >= 4 is 44.0 Å². The number of carbonyl (C=O) groups is 1. The second-order valence-corrected chi connectivity index (χ2v) is 9.63. The monoisotopic (exact) mass is 554 g/mol. The summed E-state index contributed by atoms with van der Waals surface area (Å²) in [7, 11) is 0. The highest BCUT2D eigenvalue weighted by Gasteiger charge is 2.15. The van der Waals surface area contributed by atoms with E-state index < -0.39 is 0 Å². The van der Waals surface area contributed by atoms with Crippen LogP contribution in [0.4, 0.5) is 0 Å². The molecular weight excluding hydrogens is 528 g/mol. The third-order valence-electron chi connectivity index (χ3n) is 4.36. The van der Waals surface area contributed by atoms with Crippen molar-refractivity contribution in [2.24, 2.45) is 5.10 Å². The van der Waals surface area contributed by atoms with Gasteiger partial charge in [-0.05, 0) is 86.0 Å². The number of amides is 1. The molecule has 8 heteroatoms. The number of phenolic OH excluding ortho intramolecular Hbond substituents is 1. The van der Waals surface area contributed by atoms with Gasteiger partial charge in [-0.25, -0.2) is 5.43 Å². The van der Waals surface area contributed by atoms with Crippen LogP contribution < -0.4 is 14.9 Å². The number of hydrogen-bond acceptors (Lipinski definition) is 5. The Morgan fingerprint density at radius 3 is 2.52 bits per heavy atom. The fraction of sp³-hybridized carbons (Fsp3) is 0.391. The molecule has 0 radical (unpaired) electrons. The molecule has 0 atom stereocenters. The van der Waals surface area contributed by atoms with Crippen LogP contribution in [-0.2, 0) is 10.2 Å². The molecule has 1 amide bonds. The number of hydrogen-bond donors (Lipinski definition) is 2. The van der Waals surface area contributed by atoms with Crippen molar-refractivity contribution in [2.45, 2.75) is 46.0 Å². The Labute approximate surface area is 200 Å². The zero-order valence-electron chi connectivity index (χ0n) is 18.2. The van der Waals surface area contributed by atoms with Crippen LogP contribution in [-0.4, -0.2) is 30.4 Å². The SMILES string of the molecule is CCOc1cc(/C=N/NC(=O)CCCOc2ccc(C(C)(C)C)cc2Br)cc(Br)c1O. The summed E-state index contributed by atoms with van der Waals surface area (Å²) in [5, 5.41) is 13.9. The van der Waals surface area contributed by atoms with E-state index >= 15 is 0 Å². The predicted octanol–water partition coefficient (Wildman–Crippen LogP) is 5.92. The first-order valence-corrected chi connectivity index (χ1v) is 11.6. The van der Waals surface area contributed by atoms with Gasteiger partial charge in [0.05, 0.1) is 28.4 Å². The fourth-order valence-electron chi connectivity index (χ4n) is 2.67. The highest BCUT2D eigenvalue weighted by Crippen LogP contribution is 2.35. The summed E-state index contributed by atoms with van der Waals surface area (Å²) in [6.45, 7) is 9.17. The third-order valence-corrected chi connectivity index (χ3v) is 5.58. The van der Waals surface area contributed by atoms with Gasteiger partial charge >= 0.3 is 0 Å². The zero-order chi connectivity index (χ0) is 23.0. The number of nitrogens with zero attached hydrogens (tertiary/aromatic N) is 1. The summed E-state index contributed by atoms with van der Waals surface area (Å²) in [5.74, 6) is 0.936. The van der Waals surface area contributed by atoms with E-state index in [1.807, 2.05) is 13.0 Å². The summed E-state index contributed by atoms with van der Waals surface area (Å²) in [4.78, 5) is 12.0.